The molecule has 4 nitrogen and oxygen atoms in total. The molecule has 0 aliphatic carbocycles. The van der Waals surface area contributed by atoms with E-state index in [1.54, 1.807) is 0 Å². The molecular weight excluding hydrogens is 343 g/mol. The van der Waals surface area contributed by atoms with Crippen LogP contribution in [0.5, 0.6) is 0 Å². The summed E-state index contributed by atoms with van der Waals surface area (Å²) in [4.78, 5) is 16.1. The van der Waals surface area contributed by atoms with Gasteiger partial charge in [-0.2, -0.15) is 13.2 Å². The lowest BCUT2D eigenvalue weighted by Crippen LogP contribution is -2.23. The van der Waals surface area contributed by atoms with E-state index in [0.717, 1.165) is 29.9 Å². The van der Waals surface area contributed by atoms with Crippen LogP contribution in [-0.4, -0.2) is 22.0 Å². The van der Waals surface area contributed by atoms with E-state index < -0.39 is 11.7 Å². The number of aromatic nitrogens is 2. The van der Waals surface area contributed by atoms with Crippen molar-refractivity contribution in [3.63, 3.8) is 0 Å². The van der Waals surface area contributed by atoms with Crippen LogP contribution in [0.2, 0.25) is 0 Å². The normalized spacial score (nSPS) is 19.3. The van der Waals surface area contributed by atoms with E-state index in [9.17, 15) is 18.0 Å². The van der Waals surface area contributed by atoms with E-state index in [1.165, 1.54) is 6.07 Å². The molecule has 3 rings (SSSR count). The van der Waals surface area contributed by atoms with Gasteiger partial charge in [0.2, 0.25) is 5.91 Å². The SMILES string of the molecule is CCC(Cn1c(C(C)C)nc2cc(C(F)(F)F)ccc21)C1CNC(=O)C1. The fraction of sp³-hybridized carbons (Fsp3) is 0.579. The molecule has 0 radical (unpaired) electrons. The Balaban J connectivity index is 2.00. The highest BCUT2D eigenvalue weighted by Crippen LogP contribution is 2.33. The Hall–Kier alpha value is -2.05. The van der Waals surface area contributed by atoms with Crippen molar-refractivity contribution < 1.29 is 18.0 Å². The third-order valence-corrected chi connectivity index (χ3v) is 5.24. The van der Waals surface area contributed by atoms with E-state index in [1.807, 2.05) is 18.4 Å². The largest absolute Gasteiger partial charge is 0.416 e. The number of rotatable bonds is 5. The van der Waals surface area contributed by atoms with Crippen molar-refractivity contribution in [3.8, 4) is 0 Å². The number of halogens is 3. The molecule has 2 aromatic rings. The topological polar surface area (TPSA) is 46.9 Å². The van der Waals surface area contributed by atoms with Gasteiger partial charge in [-0.25, -0.2) is 4.98 Å². The lowest BCUT2D eigenvalue weighted by molar-refractivity contribution is -0.137. The second kappa shape index (κ2) is 6.93. The highest BCUT2D eigenvalue weighted by molar-refractivity contribution is 5.78. The second-order valence-electron chi connectivity index (χ2n) is 7.37. The molecule has 1 aromatic carbocycles. The zero-order valence-electron chi connectivity index (χ0n) is 15.2. The van der Waals surface area contributed by atoms with Gasteiger partial charge >= 0.3 is 6.18 Å². The van der Waals surface area contributed by atoms with Crippen LogP contribution in [0.4, 0.5) is 13.2 Å². The van der Waals surface area contributed by atoms with Crippen LogP contribution in [0.25, 0.3) is 11.0 Å². The van der Waals surface area contributed by atoms with Gasteiger partial charge in [0, 0.05) is 25.4 Å². The first-order valence-electron chi connectivity index (χ1n) is 9.04. The van der Waals surface area contributed by atoms with Crippen LogP contribution >= 0.6 is 0 Å². The van der Waals surface area contributed by atoms with Crippen molar-refractivity contribution in [2.75, 3.05) is 6.54 Å². The minimum absolute atomic E-state index is 0.0721. The van der Waals surface area contributed by atoms with Gasteiger partial charge in [-0.05, 0) is 30.0 Å². The van der Waals surface area contributed by atoms with E-state index in [-0.39, 0.29) is 23.7 Å². The van der Waals surface area contributed by atoms with Gasteiger partial charge in [0.05, 0.1) is 16.6 Å². The quantitative estimate of drug-likeness (QED) is 0.854. The highest BCUT2D eigenvalue weighted by atomic mass is 19.4. The Bertz CT molecular complexity index is 810. The van der Waals surface area contributed by atoms with Crippen LogP contribution in [0.3, 0.4) is 0 Å². The fourth-order valence-electron chi connectivity index (χ4n) is 3.76. The van der Waals surface area contributed by atoms with E-state index in [2.05, 4.69) is 17.2 Å². The molecule has 1 amide bonds. The Kier molecular flexibility index (Phi) is 4.99. The Labute approximate surface area is 150 Å². The molecule has 0 bridgehead atoms. The molecule has 1 saturated heterocycles. The number of carbonyl (C=O) groups excluding carboxylic acids is 1. The van der Waals surface area contributed by atoms with Gasteiger partial charge in [0.1, 0.15) is 5.82 Å². The van der Waals surface area contributed by atoms with Crippen molar-refractivity contribution >= 4 is 16.9 Å². The molecular formula is C19H24F3N3O. The molecule has 1 aliphatic heterocycles. The first-order valence-corrected chi connectivity index (χ1v) is 9.04. The van der Waals surface area contributed by atoms with Crippen molar-refractivity contribution in [1.82, 2.24) is 14.9 Å². The van der Waals surface area contributed by atoms with Crippen LogP contribution in [0.15, 0.2) is 18.2 Å². The number of imidazole rings is 1. The number of hydrogen-bond acceptors (Lipinski definition) is 2. The van der Waals surface area contributed by atoms with Crippen LogP contribution in [0, 0.1) is 11.8 Å². The third-order valence-electron chi connectivity index (χ3n) is 5.24. The zero-order chi connectivity index (χ0) is 19.1. The molecule has 1 aliphatic rings. The number of carbonyl (C=O) groups is 1. The van der Waals surface area contributed by atoms with Gasteiger partial charge in [-0.3, -0.25) is 4.79 Å². The predicted octanol–water partition coefficient (Wildman–Crippen LogP) is 4.34. The lowest BCUT2D eigenvalue weighted by atomic mass is 9.89. The summed E-state index contributed by atoms with van der Waals surface area (Å²) in [5, 5.41) is 2.87. The number of benzene rings is 1. The van der Waals surface area contributed by atoms with Crippen LogP contribution in [-0.2, 0) is 17.5 Å². The molecule has 1 aromatic heterocycles. The van der Waals surface area contributed by atoms with Crippen molar-refractivity contribution in [2.24, 2.45) is 11.8 Å². The summed E-state index contributed by atoms with van der Waals surface area (Å²) in [6.45, 7) is 7.39. The number of hydrogen-bond donors (Lipinski definition) is 1. The number of alkyl halides is 3. The highest BCUT2D eigenvalue weighted by Gasteiger charge is 2.32. The maximum absolute atomic E-state index is 13.0. The first kappa shape index (κ1) is 18.7. The fourth-order valence-corrected chi connectivity index (χ4v) is 3.76. The average molecular weight is 367 g/mol. The minimum Gasteiger partial charge on any atom is -0.356 e. The summed E-state index contributed by atoms with van der Waals surface area (Å²) in [5.41, 5.74) is 0.416. The second-order valence-corrected chi connectivity index (χ2v) is 7.37. The van der Waals surface area contributed by atoms with Gasteiger partial charge < -0.3 is 9.88 Å². The van der Waals surface area contributed by atoms with Gasteiger partial charge in [-0.15, -0.1) is 0 Å². The minimum atomic E-state index is -4.38. The summed E-state index contributed by atoms with van der Waals surface area (Å²) in [6, 6.07) is 3.76. The molecule has 142 valence electrons. The summed E-state index contributed by atoms with van der Waals surface area (Å²) < 4.78 is 41.1. The van der Waals surface area contributed by atoms with Gasteiger partial charge in [-0.1, -0.05) is 27.2 Å². The number of nitrogens with zero attached hydrogens (tertiary/aromatic N) is 2. The summed E-state index contributed by atoms with van der Waals surface area (Å²) in [7, 11) is 0. The number of fused-ring (bicyclic) bond motifs is 1. The zero-order valence-corrected chi connectivity index (χ0v) is 15.2. The molecule has 2 heterocycles. The maximum atomic E-state index is 13.0. The van der Waals surface area contributed by atoms with Crippen molar-refractivity contribution in [2.45, 2.75) is 52.3 Å². The predicted molar refractivity (Wildman–Crippen MR) is 93.7 cm³/mol. The molecule has 26 heavy (non-hydrogen) atoms. The Morgan fingerprint density at radius 2 is 2.08 bits per heavy atom. The molecule has 0 saturated carbocycles. The molecule has 7 heteroatoms. The van der Waals surface area contributed by atoms with E-state index in [4.69, 9.17) is 0 Å². The number of nitrogens with one attached hydrogen (secondary N) is 1. The van der Waals surface area contributed by atoms with E-state index >= 15 is 0 Å². The summed E-state index contributed by atoms with van der Waals surface area (Å²) in [5.74, 6) is 1.47. The monoisotopic (exact) mass is 367 g/mol. The molecule has 1 N–H and O–H groups in total. The van der Waals surface area contributed by atoms with Crippen LogP contribution in [0.1, 0.15) is 50.9 Å². The third kappa shape index (κ3) is 3.57. The summed E-state index contributed by atoms with van der Waals surface area (Å²) in [6.07, 6.45) is -2.96. The molecule has 0 spiro atoms. The Morgan fingerprint density at radius 3 is 2.62 bits per heavy atom. The van der Waals surface area contributed by atoms with Gasteiger partial charge in [0.25, 0.3) is 0 Å². The smallest absolute Gasteiger partial charge is 0.356 e. The average Bonchev–Trinajstić information content (AvgIpc) is 3.15. The van der Waals surface area contributed by atoms with E-state index in [0.29, 0.717) is 25.0 Å². The molecule has 1 fully saturated rings. The number of amides is 1. The molecule has 2 atom stereocenters. The first-order chi connectivity index (χ1) is 12.2. The summed E-state index contributed by atoms with van der Waals surface area (Å²) >= 11 is 0. The standard InChI is InChI=1S/C19H24F3N3O/c1-4-12(13-7-17(26)23-9-13)10-25-16-6-5-14(19(20,21)22)8-15(16)24-18(25)11(2)3/h5-6,8,11-13H,4,7,9-10H2,1-3H3,(H,23,26). The lowest BCUT2D eigenvalue weighted by Gasteiger charge is -2.23. The van der Waals surface area contributed by atoms with Crippen molar-refractivity contribution in [1.29, 1.82) is 0 Å². The maximum Gasteiger partial charge on any atom is 0.416 e. The van der Waals surface area contributed by atoms with Crippen LogP contribution < -0.4 is 5.32 Å². The van der Waals surface area contributed by atoms with Crippen molar-refractivity contribution in [3.05, 3.63) is 29.6 Å². The molecule has 2 unspecified atom stereocenters. The Morgan fingerprint density at radius 1 is 1.35 bits per heavy atom. The van der Waals surface area contributed by atoms with Gasteiger partial charge in [0.15, 0.2) is 0 Å².